The average molecular weight is 335 g/mol. The van der Waals surface area contributed by atoms with Gasteiger partial charge >= 0.3 is 6.03 Å². The molecule has 0 spiro atoms. The van der Waals surface area contributed by atoms with E-state index in [0.717, 1.165) is 16.9 Å². The van der Waals surface area contributed by atoms with Gasteiger partial charge in [-0.05, 0) is 32.8 Å². The molecule has 0 heterocycles. The maximum Gasteiger partial charge on any atom is 0.321 e. The Hall–Kier alpha value is -2.08. The molecular formula is C18H29N3O3. The first kappa shape index (κ1) is 20.0. The normalized spacial score (nSPS) is 13.3. The molecular weight excluding hydrogens is 306 g/mol. The number of aryl methyl sites for hydroxylation is 1. The number of carbonyl (C=O) groups excluding carboxylic acids is 2. The molecule has 0 bridgehead atoms. The first-order valence-corrected chi connectivity index (χ1v) is 8.23. The van der Waals surface area contributed by atoms with Gasteiger partial charge in [-0.3, -0.25) is 15.4 Å². The second-order valence-electron chi connectivity index (χ2n) is 6.45. The number of ether oxygens (including phenoxy) is 1. The summed E-state index contributed by atoms with van der Waals surface area (Å²) in [5, 5.41) is 8.21. The highest BCUT2D eigenvalue weighted by atomic mass is 16.5. The molecule has 2 unspecified atom stereocenters. The number of benzene rings is 1. The van der Waals surface area contributed by atoms with Crippen LogP contribution in [-0.4, -0.2) is 31.6 Å². The summed E-state index contributed by atoms with van der Waals surface area (Å²) < 4.78 is 5.38. The van der Waals surface area contributed by atoms with Crippen molar-refractivity contribution in [3.05, 3.63) is 29.3 Å². The number of rotatable bonds is 7. The maximum atomic E-state index is 12.1. The zero-order valence-electron chi connectivity index (χ0n) is 15.4. The van der Waals surface area contributed by atoms with Gasteiger partial charge in [-0.1, -0.05) is 31.5 Å². The SMILES string of the molecule is COc1ccc(C)cc1C(C)NC(C)C(=O)NC(=O)NCC(C)C. The Morgan fingerprint density at radius 2 is 1.83 bits per heavy atom. The highest BCUT2D eigenvalue weighted by Crippen LogP contribution is 2.26. The van der Waals surface area contributed by atoms with E-state index in [4.69, 9.17) is 4.74 Å². The maximum absolute atomic E-state index is 12.1. The first-order chi connectivity index (χ1) is 11.2. The number of hydrogen-bond donors (Lipinski definition) is 3. The zero-order valence-corrected chi connectivity index (χ0v) is 15.4. The zero-order chi connectivity index (χ0) is 18.3. The van der Waals surface area contributed by atoms with Crippen molar-refractivity contribution in [1.29, 1.82) is 0 Å². The molecule has 0 radical (unpaired) electrons. The van der Waals surface area contributed by atoms with Gasteiger partial charge in [0.05, 0.1) is 13.2 Å². The minimum absolute atomic E-state index is 0.0978. The van der Waals surface area contributed by atoms with E-state index < -0.39 is 12.1 Å². The molecule has 1 rings (SSSR count). The van der Waals surface area contributed by atoms with Crippen LogP contribution in [0.5, 0.6) is 5.75 Å². The lowest BCUT2D eigenvalue weighted by Crippen LogP contribution is -2.49. The van der Waals surface area contributed by atoms with E-state index in [0.29, 0.717) is 12.5 Å². The van der Waals surface area contributed by atoms with Gasteiger partial charge in [0.1, 0.15) is 5.75 Å². The Bertz CT molecular complexity index is 573. The smallest absolute Gasteiger partial charge is 0.321 e. The Morgan fingerprint density at radius 1 is 1.17 bits per heavy atom. The number of carbonyl (C=O) groups is 2. The molecule has 0 aliphatic carbocycles. The van der Waals surface area contributed by atoms with E-state index >= 15 is 0 Å². The number of amides is 3. The fourth-order valence-corrected chi connectivity index (χ4v) is 2.29. The lowest BCUT2D eigenvalue weighted by molar-refractivity contribution is -0.121. The molecule has 3 N–H and O–H groups in total. The van der Waals surface area contributed by atoms with Gasteiger partial charge in [0.25, 0.3) is 0 Å². The van der Waals surface area contributed by atoms with Crippen LogP contribution in [-0.2, 0) is 4.79 Å². The summed E-state index contributed by atoms with van der Waals surface area (Å²) in [6.07, 6.45) is 0. The van der Waals surface area contributed by atoms with E-state index in [1.807, 2.05) is 45.9 Å². The number of imide groups is 1. The predicted octanol–water partition coefficient (Wildman–Crippen LogP) is 2.52. The van der Waals surface area contributed by atoms with Crippen LogP contribution < -0.4 is 20.7 Å². The van der Waals surface area contributed by atoms with Crippen molar-refractivity contribution in [2.75, 3.05) is 13.7 Å². The van der Waals surface area contributed by atoms with Gasteiger partial charge in [-0.2, -0.15) is 0 Å². The Balaban J connectivity index is 2.63. The Labute approximate surface area is 144 Å². The van der Waals surface area contributed by atoms with Crippen molar-refractivity contribution < 1.29 is 14.3 Å². The number of nitrogens with one attached hydrogen (secondary N) is 3. The minimum atomic E-state index is -0.519. The molecule has 0 aliphatic rings. The van der Waals surface area contributed by atoms with Crippen molar-refractivity contribution in [2.24, 2.45) is 5.92 Å². The van der Waals surface area contributed by atoms with Crippen LogP contribution in [0.25, 0.3) is 0 Å². The number of hydrogen-bond acceptors (Lipinski definition) is 4. The molecule has 0 fully saturated rings. The molecule has 134 valence electrons. The van der Waals surface area contributed by atoms with Gasteiger partial charge in [0, 0.05) is 18.2 Å². The molecule has 3 amide bonds. The van der Waals surface area contributed by atoms with Gasteiger partial charge in [-0.25, -0.2) is 4.79 Å². The highest BCUT2D eigenvalue weighted by molar-refractivity contribution is 5.96. The van der Waals surface area contributed by atoms with Crippen LogP contribution in [0.3, 0.4) is 0 Å². The third-order valence-corrected chi connectivity index (χ3v) is 3.65. The highest BCUT2D eigenvalue weighted by Gasteiger charge is 2.20. The monoisotopic (exact) mass is 335 g/mol. The molecule has 6 nitrogen and oxygen atoms in total. The van der Waals surface area contributed by atoms with E-state index in [1.54, 1.807) is 14.0 Å². The van der Waals surface area contributed by atoms with Crippen LogP contribution in [0.4, 0.5) is 4.79 Å². The topological polar surface area (TPSA) is 79.5 Å². The lowest BCUT2D eigenvalue weighted by atomic mass is 10.0. The van der Waals surface area contributed by atoms with Crippen molar-refractivity contribution >= 4 is 11.9 Å². The van der Waals surface area contributed by atoms with E-state index in [1.165, 1.54) is 0 Å². The molecule has 0 aliphatic heterocycles. The summed E-state index contributed by atoms with van der Waals surface area (Å²) in [5.41, 5.74) is 2.09. The van der Waals surface area contributed by atoms with Crippen LogP contribution in [0.15, 0.2) is 18.2 Å². The standard InChI is InChI=1S/C18H29N3O3/c1-11(2)10-19-18(23)21-17(22)14(5)20-13(4)15-9-12(3)7-8-16(15)24-6/h7-9,11,13-14,20H,10H2,1-6H3,(H2,19,21,22,23). The third kappa shape index (κ3) is 6.20. The van der Waals surface area contributed by atoms with Gasteiger partial charge < -0.3 is 10.1 Å². The molecule has 1 aromatic carbocycles. The fourth-order valence-electron chi connectivity index (χ4n) is 2.29. The summed E-state index contributed by atoms with van der Waals surface area (Å²) >= 11 is 0. The van der Waals surface area contributed by atoms with Crippen molar-refractivity contribution in [3.8, 4) is 5.75 Å². The molecule has 0 saturated heterocycles. The second kappa shape index (κ2) is 9.27. The second-order valence-corrected chi connectivity index (χ2v) is 6.45. The largest absolute Gasteiger partial charge is 0.496 e. The molecule has 2 atom stereocenters. The van der Waals surface area contributed by atoms with Crippen LogP contribution in [0, 0.1) is 12.8 Å². The Kier molecular flexibility index (Phi) is 7.71. The van der Waals surface area contributed by atoms with E-state index in [-0.39, 0.29) is 11.9 Å². The van der Waals surface area contributed by atoms with Crippen molar-refractivity contribution in [2.45, 2.75) is 46.7 Å². The molecule has 24 heavy (non-hydrogen) atoms. The van der Waals surface area contributed by atoms with E-state index in [2.05, 4.69) is 16.0 Å². The van der Waals surface area contributed by atoms with Crippen LogP contribution in [0.1, 0.15) is 44.9 Å². The average Bonchev–Trinajstić information content (AvgIpc) is 2.52. The Morgan fingerprint density at radius 3 is 2.42 bits per heavy atom. The van der Waals surface area contributed by atoms with Crippen molar-refractivity contribution in [3.63, 3.8) is 0 Å². The van der Waals surface area contributed by atoms with Crippen molar-refractivity contribution in [1.82, 2.24) is 16.0 Å². The number of urea groups is 1. The van der Waals surface area contributed by atoms with Gasteiger partial charge in [0.15, 0.2) is 0 Å². The summed E-state index contributed by atoms with van der Waals surface area (Å²) in [4.78, 5) is 23.8. The molecule has 1 aromatic rings. The molecule has 6 heteroatoms. The van der Waals surface area contributed by atoms with Gasteiger partial charge in [-0.15, -0.1) is 0 Å². The minimum Gasteiger partial charge on any atom is -0.496 e. The summed E-state index contributed by atoms with van der Waals surface area (Å²) in [5.74, 6) is 0.729. The number of methoxy groups -OCH3 is 1. The summed E-state index contributed by atoms with van der Waals surface area (Å²) in [6.45, 7) is 10.2. The lowest BCUT2D eigenvalue weighted by Gasteiger charge is -2.22. The van der Waals surface area contributed by atoms with Crippen LogP contribution >= 0.6 is 0 Å². The summed E-state index contributed by atoms with van der Waals surface area (Å²) in [6, 6.07) is 4.82. The predicted molar refractivity (Wildman–Crippen MR) is 95.1 cm³/mol. The quantitative estimate of drug-likeness (QED) is 0.715. The third-order valence-electron chi connectivity index (χ3n) is 3.65. The molecule has 0 saturated carbocycles. The van der Waals surface area contributed by atoms with E-state index in [9.17, 15) is 9.59 Å². The molecule has 0 aromatic heterocycles. The summed E-state index contributed by atoms with van der Waals surface area (Å²) in [7, 11) is 1.62. The van der Waals surface area contributed by atoms with Crippen LogP contribution in [0.2, 0.25) is 0 Å². The fraction of sp³-hybridized carbons (Fsp3) is 0.556. The van der Waals surface area contributed by atoms with Gasteiger partial charge in [0.2, 0.25) is 5.91 Å². The first-order valence-electron chi connectivity index (χ1n) is 8.23.